The van der Waals surface area contributed by atoms with Crippen LogP contribution in [0.1, 0.15) is 17.5 Å². The largest absolute Gasteiger partial charge is 0.378 e. The number of hydrogen-bond acceptors (Lipinski definition) is 3. The molecule has 1 N–H and O–H groups in total. The van der Waals surface area contributed by atoms with Crippen molar-refractivity contribution < 1.29 is 9.53 Å². The minimum Gasteiger partial charge on any atom is -0.378 e. The van der Waals surface area contributed by atoms with Gasteiger partial charge in [-0.05, 0) is 29.7 Å². The number of nitrogens with zero attached hydrogens (tertiary/aromatic N) is 1. The third-order valence-corrected chi connectivity index (χ3v) is 4.58. The molecule has 1 aromatic carbocycles. The third kappa shape index (κ3) is 3.51. The first-order valence-corrected chi connectivity index (χ1v) is 7.95. The average Bonchev–Trinajstić information content (AvgIpc) is 2.47. The van der Waals surface area contributed by atoms with Crippen LogP contribution >= 0.6 is 23.2 Å². The zero-order valence-corrected chi connectivity index (χ0v) is 13.2. The van der Waals surface area contributed by atoms with Crippen molar-refractivity contribution in [3.8, 4) is 0 Å². The first kappa shape index (κ1) is 15.1. The second-order valence-electron chi connectivity index (χ2n) is 5.52. The Labute approximate surface area is 134 Å². The van der Waals surface area contributed by atoms with Gasteiger partial charge >= 0.3 is 0 Å². The highest BCUT2D eigenvalue weighted by Gasteiger charge is 2.25. The SMILES string of the molecule is O=C(CC1COCCN1)N1CCc2cc(Cl)cc(Cl)c2C1. The van der Waals surface area contributed by atoms with Gasteiger partial charge in [-0.2, -0.15) is 0 Å². The lowest BCUT2D eigenvalue weighted by Crippen LogP contribution is -2.46. The molecule has 0 spiro atoms. The lowest BCUT2D eigenvalue weighted by Gasteiger charge is -2.32. The van der Waals surface area contributed by atoms with Gasteiger partial charge in [-0.1, -0.05) is 23.2 Å². The van der Waals surface area contributed by atoms with E-state index in [1.54, 1.807) is 6.07 Å². The molecule has 4 nitrogen and oxygen atoms in total. The molecule has 1 saturated heterocycles. The molecule has 0 radical (unpaired) electrons. The normalized spacial score (nSPS) is 22.0. The predicted molar refractivity (Wildman–Crippen MR) is 82.8 cm³/mol. The van der Waals surface area contributed by atoms with Crippen molar-refractivity contribution in [3.63, 3.8) is 0 Å². The van der Waals surface area contributed by atoms with E-state index in [-0.39, 0.29) is 11.9 Å². The van der Waals surface area contributed by atoms with Gasteiger partial charge in [-0.3, -0.25) is 4.79 Å². The van der Waals surface area contributed by atoms with Crippen LogP contribution in [0, 0.1) is 0 Å². The Balaban J connectivity index is 1.66. The summed E-state index contributed by atoms with van der Waals surface area (Å²) in [6.45, 7) is 3.42. The number of halogens is 2. The van der Waals surface area contributed by atoms with Crippen LogP contribution in [0.25, 0.3) is 0 Å². The van der Waals surface area contributed by atoms with E-state index < -0.39 is 0 Å². The number of fused-ring (bicyclic) bond motifs is 1. The van der Waals surface area contributed by atoms with Crippen LogP contribution < -0.4 is 5.32 Å². The second kappa shape index (κ2) is 6.53. The Morgan fingerprint density at radius 3 is 3.05 bits per heavy atom. The van der Waals surface area contributed by atoms with E-state index in [0.29, 0.717) is 29.6 Å². The molecule has 2 aliphatic rings. The number of benzene rings is 1. The van der Waals surface area contributed by atoms with Crippen molar-refractivity contribution in [2.45, 2.75) is 25.4 Å². The van der Waals surface area contributed by atoms with Gasteiger partial charge in [-0.25, -0.2) is 0 Å². The van der Waals surface area contributed by atoms with Crippen LogP contribution in [0.15, 0.2) is 12.1 Å². The van der Waals surface area contributed by atoms with E-state index in [9.17, 15) is 4.79 Å². The monoisotopic (exact) mass is 328 g/mol. The Bertz CT molecular complexity index is 545. The summed E-state index contributed by atoms with van der Waals surface area (Å²) < 4.78 is 5.39. The highest BCUT2D eigenvalue weighted by atomic mass is 35.5. The molecule has 3 rings (SSSR count). The van der Waals surface area contributed by atoms with Gasteiger partial charge in [0, 0.05) is 42.1 Å². The molecule has 21 heavy (non-hydrogen) atoms. The Morgan fingerprint density at radius 1 is 1.43 bits per heavy atom. The highest BCUT2D eigenvalue weighted by molar-refractivity contribution is 6.35. The lowest BCUT2D eigenvalue weighted by molar-refractivity contribution is -0.133. The molecule has 2 heterocycles. The average molecular weight is 329 g/mol. The zero-order chi connectivity index (χ0) is 14.8. The van der Waals surface area contributed by atoms with E-state index in [4.69, 9.17) is 27.9 Å². The van der Waals surface area contributed by atoms with E-state index >= 15 is 0 Å². The molecular weight excluding hydrogens is 311 g/mol. The zero-order valence-electron chi connectivity index (χ0n) is 11.7. The Hall–Kier alpha value is -0.810. The minimum absolute atomic E-state index is 0.119. The van der Waals surface area contributed by atoms with Crippen LogP contribution in [0.2, 0.25) is 10.0 Å². The molecule has 0 bridgehead atoms. The van der Waals surface area contributed by atoms with E-state index in [1.807, 2.05) is 11.0 Å². The molecule has 2 aliphatic heterocycles. The number of hydrogen-bond donors (Lipinski definition) is 1. The lowest BCUT2D eigenvalue weighted by atomic mass is 9.99. The second-order valence-corrected chi connectivity index (χ2v) is 6.36. The molecule has 0 aromatic heterocycles. The summed E-state index contributed by atoms with van der Waals surface area (Å²) in [5, 5.41) is 4.61. The first-order valence-electron chi connectivity index (χ1n) is 7.19. The van der Waals surface area contributed by atoms with E-state index in [2.05, 4.69) is 5.32 Å². The fraction of sp³-hybridized carbons (Fsp3) is 0.533. The van der Waals surface area contributed by atoms with Gasteiger partial charge in [0.2, 0.25) is 5.91 Å². The van der Waals surface area contributed by atoms with Gasteiger partial charge in [0.05, 0.1) is 13.2 Å². The van der Waals surface area contributed by atoms with Crippen LogP contribution in [-0.4, -0.2) is 43.2 Å². The molecule has 1 unspecified atom stereocenters. The summed E-state index contributed by atoms with van der Waals surface area (Å²) >= 11 is 12.3. The van der Waals surface area contributed by atoms with Crippen LogP contribution in [0.3, 0.4) is 0 Å². The fourth-order valence-corrected chi connectivity index (χ4v) is 3.48. The van der Waals surface area contributed by atoms with E-state index in [1.165, 1.54) is 0 Å². The molecule has 0 aliphatic carbocycles. The predicted octanol–water partition coefficient (Wildman–Crippen LogP) is 2.26. The number of ether oxygens (including phenoxy) is 1. The fourth-order valence-electron chi connectivity index (χ4n) is 2.89. The van der Waals surface area contributed by atoms with Crippen molar-refractivity contribution in [1.82, 2.24) is 10.2 Å². The summed E-state index contributed by atoms with van der Waals surface area (Å²) in [5.41, 5.74) is 2.17. The van der Waals surface area contributed by atoms with Crippen LogP contribution in [-0.2, 0) is 22.5 Å². The minimum atomic E-state index is 0.119. The molecule has 0 saturated carbocycles. The molecule has 1 aromatic rings. The van der Waals surface area contributed by atoms with Crippen LogP contribution in [0.5, 0.6) is 0 Å². The molecular formula is C15H18Cl2N2O2. The molecule has 114 valence electrons. The van der Waals surface area contributed by atoms with Crippen molar-refractivity contribution in [1.29, 1.82) is 0 Å². The summed E-state index contributed by atoms with van der Waals surface area (Å²) in [4.78, 5) is 14.3. The van der Waals surface area contributed by atoms with Gasteiger partial charge in [-0.15, -0.1) is 0 Å². The molecule has 1 amide bonds. The summed E-state index contributed by atoms with van der Waals surface area (Å²) in [5.74, 6) is 0.148. The van der Waals surface area contributed by atoms with Crippen LogP contribution in [0.4, 0.5) is 0 Å². The quantitative estimate of drug-likeness (QED) is 0.905. The van der Waals surface area contributed by atoms with Crippen molar-refractivity contribution in [2.24, 2.45) is 0 Å². The molecule has 1 fully saturated rings. The van der Waals surface area contributed by atoms with Crippen molar-refractivity contribution >= 4 is 29.1 Å². The number of amides is 1. The van der Waals surface area contributed by atoms with Crippen molar-refractivity contribution in [2.75, 3.05) is 26.3 Å². The van der Waals surface area contributed by atoms with Gasteiger partial charge in [0.15, 0.2) is 0 Å². The summed E-state index contributed by atoms with van der Waals surface area (Å²) in [6.07, 6.45) is 1.27. The molecule has 6 heteroatoms. The number of morpholine rings is 1. The van der Waals surface area contributed by atoms with E-state index in [0.717, 1.165) is 37.2 Å². The Kier molecular flexibility index (Phi) is 4.69. The maximum Gasteiger partial charge on any atom is 0.224 e. The summed E-state index contributed by atoms with van der Waals surface area (Å²) in [7, 11) is 0. The van der Waals surface area contributed by atoms with Gasteiger partial charge in [0.1, 0.15) is 0 Å². The van der Waals surface area contributed by atoms with Gasteiger partial charge < -0.3 is 15.0 Å². The number of carbonyl (C=O) groups excluding carboxylic acids is 1. The maximum atomic E-state index is 12.4. The maximum absolute atomic E-state index is 12.4. The number of nitrogens with one attached hydrogen (secondary N) is 1. The summed E-state index contributed by atoms with van der Waals surface area (Å²) in [6, 6.07) is 3.81. The third-order valence-electron chi connectivity index (χ3n) is 4.02. The first-order chi connectivity index (χ1) is 10.1. The smallest absolute Gasteiger partial charge is 0.224 e. The highest BCUT2D eigenvalue weighted by Crippen LogP contribution is 2.30. The topological polar surface area (TPSA) is 41.6 Å². The van der Waals surface area contributed by atoms with Gasteiger partial charge in [0.25, 0.3) is 0 Å². The number of carbonyl (C=O) groups is 1. The number of rotatable bonds is 2. The molecule has 1 atom stereocenters. The Morgan fingerprint density at radius 2 is 2.29 bits per heavy atom. The standard InChI is InChI=1S/C15H18Cl2N2O2/c16-11-5-10-1-3-19(8-13(10)14(17)6-11)15(20)7-12-9-21-4-2-18-12/h5-6,12,18H,1-4,7-9H2. The van der Waals surface area contributed by atoms with Crippen molar-refractivity contribution in [3.05, 3.63) is 33.3 Å².